The van der Waals surface area contributed by atoms with E-state index >= 15 is 0 Å². The summed E-state index contributed by atoms with van der Waals surface area (Å²) in [7, 11) is 0. The number of carbonyl (C=O) groups excluding carboxylic acids is 1. The van der Waals surface area contributed by atoms with E-state index in [2.05, 4.69) is 17.4 Å². The largest absolute Gasteiger partial charge is 0.326 e. The topological polar surface area (TPSA) is 29.1 Å². The second-order valence-electron chi connectivity index (χ2n) is 3.25. The van der Waals surface area contributed by atoms with Gasteiger partial charge in [-0.2, -0.15) is 0 Å². The molecule has 1 heterocycles. The first-order valence-corrected chi connectivity index (χ1v) is 5.55. The van der Waals surface area contributed by atoms with Gasteiger partial charge in [-0.05, 0) is 11.6 Å². The summed E-state index contributed by atoms with van der Waals surface area (Å²) in [5.41, 5.74) is 2.05. The number of benzene rings is 1. The predicted molar refractivity (Wildman–Crippen MR) is 64.1 cm³/mol. The van der Waals surface area contributed by atoms with Gasteiger partial charge in [0.2, 0.25) is 5.91 Å². The molecule has 0 aliphatic carbocycles. The van der Waals surface area contributed by atoms with E-state index in [4.69, 9.17) is 0 Å². The van der Waals surface area contributed by atoms with Crippen molar-refractivity contribution in [2.75, 3.05) is 5.32 Å². The van der Waals surface area contributed by atoms with Crippen LogP contribution in [0.1, 0.15) is 6.92 Å². The number of rotatable bonds is 2. The fourth-order valence-electron chi connectivity index (χ4n) is 1.36. The summed E-state index contributed by atoms with van der Waals surface area (Å²) in [5.74, 6) is -0.0348. The summed E-state index contributed by atoms with van der Waals surface area (Å²) in [5, 5.41) is 4.71. The molecule has 76 valence electrons. The minimum absolute atomic E-state index is 0.0348. The predicted octanol–water partition coefficient (Wildman–Crippen LogP) is 3.37. The molecule has 0 unspecified atom stereocenters. The van der Waals surface area contributed by atoms with Crippen molar-refractivity contribution < 1.29 is 4.79 Å². The summed E-state index contributed by atoms with van der Waals surface area (Å²) in [6, 6.07) is 12.1. The Kier molecular flexibility index (Phi) is 2.83. The molecule has 1 aromatic carbocycles. The fourth-order valence-corrected chi connectivity index (χ4v) is 2.21. The maximum absolute atomic E-state index is 10.9. The van der Waals surface area contributed by atoms with Crippen LogP contribution in [0.2, 0.25) is 0 Å². The van der Waals surface area contributed by atoms with Crippen LogP contribution in [0.3, 0.4) is 0 Å². The zero-order chi connectivity index (χ0) is 10.7. The van der Waals surface area contributed by atoms with Crippen LogP contribution in [0.15, 0.2) is 41.8 Å². The van der Waals surface area contributed by atoms with Crippen LogP contribution in [0.25, 0.3) is 10.4 Å². The SMILES string of the molecule is CC(=O)Nc1csc(-c2ccccc2)c1. The second kappa shape index (κ2) is 4.28. The van der Waals surface area contributed by atoms with Crippen LogP contribution in [0, 0.1) is 0 Å². The highest BCUT2D eigenvalue weighted by Gasteiger charge is 2.02. The minimum atomic E-state index is -0.0348. The zero-order valence-electron chi connectivity index (χ0n) is 8.36. The third kappa shape index (κ3) is 2.44. The lowest BCUT2D eigenvalue weighted by atomic mass is 10.2. The Hall–Kier alpha value is -1.61. The van der Waals surface area contributed by atoms with Gasteiger partial charge in [-0.25, -0.2) is 0 Å². The van der Waals surface area contributed by atoms with E-state index in [1.54, 1.807) is 11.3 Å². The van der Waals surface area contributed by atoms with E-state index in [-0.39, 0.29) is 5.91 Å². The molecule has 1 N–H and O–H groups in total. The summed E-state index contributed by atoms with van der Waals surface area (Å²) in [6.07, 6.45) is 0. The Morgan fingerprint density at radius 3 is 2.67 bits per heavy atom. The molecule has 0 aliphatic heterocycles. The molecule has 3 heteroatoms. The molecule has 0 atom stereocenters. The molecule has 0 radical (unpaired) electrons. The number of anilines is 1. The molecule has 2 rings (SSSR count). The lowest BCUT2D eigenvalue weighted by molar-refractivity contribution is -0.114. The smallest absolute Gasteiger partial charge is 0.221 e. The third-order valence-corrected chi connectivity index (χ3v) is 2.96. The van der Waals surface area contributed by atoms with Crippen LogP contribution in [-0.4, -0.2) is 5.91 Å². The van der Waals surface area contributed by atoms with Crippen molar-refractivity contribution in [3.8, 4) is 10.4 Å². The highest BCUT2D eigenvalue weighted by molar-refractivity contribution is 7.14. The zero-order valence-corrected chi connectivity index (χ0v) is 9.17. The molecule has 1 amide bonds. The Labute approximate surface area is 92.6 Å². The molecule has 1 aromatic heterocycles. The molecule has 0 bridgehead atoms. The van der Waals surface area contributed by atoms with Gasteiger partial charge in [-0.3, -0.25) is 4.79 Å². The number of hydrogen-bond acceptors (Lipinski definition) is 2. The number of hydrogen-bond donors (Lipinski definition) is 1. The number of carbonyl (C=O) groups is 1. The van der Waals surface area contributed by atoms with Gasteiger partial charge >= 0.3 is 0 Å². The van der Waals surface area contributed by atoms with Crippen molar-refractivity contribution >= 4 is 22.9 Å². The van der Waals surface area contributed by atoms with Crippen molar-refractivity contribution in [1.29, 1.82) is 0 Å². The van der Waals surface area contributed by atoms with Gasteiger partial charge < -0.3 is 5.32 Å². The highest BCUT2D eigenvalue weighted by Crippen LogP contribution is 2.29. The van der Waals surface area contributed by atoms with Crippen molar-refractivity contribution in [3.05, 3.63) is 41.8 Å². The maximum Gasteiger partial charge on any atom is 0.221 e. The minimum Gasteiger partial charge on any atom is -0.326 e. The average molecular weight is 217 g/mol. The van der Waals surface area contributed by atoms with Crippen LogP contribution in [0.4, 0.5) is 5.69 Å². The van der Waals surface area contributed by atoms with Crippen molar-refractivity contribution in [2.24, 2.45) is 0 Å². The van der Waals surface area contributed by atoms with Crippen LogP contribution in [-0.2, 0) is 4.79 Å². The van der Waals surface area contributed by atoms with Crippen molar-refractivity contribution in [2.45, 2.75) is 6.92 Å². The summed E-state index contributed by atoms with van der Waals surface area (Å²) >= 11 is 1.63. The first-order chi connectivity index (χ1) is 7.25. The standard InChI is InChI=1S/C12H11NOS/c1-9(14)13-11-7-12(15-8-11)10-5-3-2-4-6-10/h2-8H,1H3,(H,13,14). The van der Waals surface area contributed by atoms with Crippen LogP contribution < -0.4 is 5.32 Å². The monoisotopic (exact) mass is 217 g/mol. The van der Waals surface area contributed by atoms with Crippen LogP contribution >= 0.6 is 11.3 Å². The maximum atomic E-state index is 10.9. The number of nitrogens with one attached hydrogen (secondary N) is 1. The summed E-state index contributed by atoms with van der Waals surface area (Å²) in [4.78, 5) is 12.0. The summed E-state index contributed by atoms with van der Waals surface area (Å²) < 4.78 is 0. The van der Waals surface area contributed by atoms with Gasteiger partial charge in [0.1, 0.15) is 0 Å². The first-order valence-electron chi connectivity index (χ1n) is 4.67. The molecule has 15 heavy (non-hydrogen) atoms. The molecular weight excluding hydrogens is 206 g/mol. The lowest BCUT2D eigenvalue weighted by Gasteiger charge is -1.96. The second-order valence-corrected chi connectivity index (χ2v) is 4.16. The Balaban J connectivity index is 2.24. The fraction of sp³-hybridized carbons (Fsp3) is 0.0833. The molecule has 2 aromatic rings. The normalized spacial score (nSPS) is 9.93. The molecule has 0 spiro atoms. The Bertz CT molecular complexity index is 461. The Morgan fingerprint density at radius 1 is 1.27 bits per heavy atom. The molecule has 0 fully saturated rings. The van der Waals surface area contributed by atoms with Gasteiger partial charge in [-0.15, -0.1) is 11.3 Å². The first kappa shape index (κ1) is 9.93. The number of thiophene rings is 1. The van der Waals surface area contributed by atoms with Gasteiger partial charge in [0, 0.05) is 17.2 Å². The van der Waals surface area contributed by atoms with Crippen molar-refractivity contribution in [1.82, 2.24) is 0 Å². The van der Waals surface area contributed by atoms with E-state index in [1.165, 1.54) is 17.4 Å². The van der Waals surface area contributed by atoms with Gasteiger partial charge in [0.05, 0.1) is 5.69 Å². The van der Waals surface area contributed by atoms with Crippen molar-refractivity contribution in [3.63, 3.8) is 0 Å². The van der Waals surface area contributed by atoms with Gasteiger partial charge in [-0.1, -0.05) is 30.3 Å². The highest BCUT2D eigenvalue weighted by atomic mass is 32.1. The van der Waals surface area contributed by atoms with Gasteiger partial charge in [0.25, 0.3) is 0 Å². The molecule has 0 aliphatic rings. The van der Waals surface area contributed by atoms with E-state index in [0.29, 0.717) is 0 Å². The lowest BCUT2D eigenvalue weighted by Crippen LogP contribution is -2.04. The van der Waals surface area contributed by atoms with E-state index < -0.39 is 0 Å². The van der Waals surface area contributed by atoms with E-state index in [0.717, 1.165) is 5.69 Å². The number of amides is 1. The van der Waals surface area contributed by atoms with Crippen LogP contribution in [0.5, 0.6) is 0 Å². The molecule has 0 saturated carbocycles. The Morgan fingerprint density at radius 2 is 2.00 bits per heavy atom. The molecular formula is C12H11NOS. The summed E-state index contributed by atoms with van der Waals surface area (Å²) in [6.45, 7) is 1.51. The average Bonchev–Trinajstić information content (AvgIpc) is 2.67. The van der Waals surface area contributed by atoms with E-state index in [1.807, 2.05) is 29.6 Å². The third-order valence-electron chi connectivity index (χ3n) is 1.98. The molecule has 0 saturated heterocycles. The van der Waals surface area contributed by atoms with E-state index in [9.17, 15) is 4.79 Å². The quantitative estimate of drug-likeness (QED) is 0.821. The van der Waals surface area contributed by atoms with Gasteiger partial charge in [0.15, 0.2) is 0 Å². The molecule has 2 nitrogen and oxygen atoms in total.